The summed E-state index contributed by atoms with van der Waals surface area (Å²) in [5.41, 5.74) is 0.873. The van der Waals surface area contributed by atoms with Gasteiger partial charge in [0.2, 0.25) is 5.89 Å². The highest BCUT2D eigenvalue weighted by atomic mass is 35.5. The molecule has 9 heteroatoms. The highest BCUT2D eigenvalue weighted by Crippen LogP contribution is 2.25. The van der Waals surface area contributed by atoms with E-state index in [2.05, 4.69) is 19.7 Å². The van der Waals surface area contributed by atoms with E-state index in [1.54, 1.807) is 18.3 Å². The van der Waals surface area contributed by atoms with Gasteiger partial charge in [-0.3, -0.25) is 9.59 Å². The molecule has 1 N–H and O–H groups in total. The van der Waals surface area contributed by atoms with Crippen LogP contribution < -0.4 is 5.56 Å². The number of rotatable bonds is 6. The molecule has 0 bridgehead atoms. The fourth-order valence-electron chi connectivity index (χ4n) is 2.12. The second-order valence-electron chi connectivity index (χ2n) is 5.21. The maximum Gasteiger partial charge on any atom is 0.311 e. The summed E-state index contributed by atoms with van der Waals surface area (Å²) in [6, 6.07) is 8.50. The number of halogens is 1. The van der Waals surface area contributed by atoms with Crippen molar-refractivity contribution in [2.24, 2.45) is 0 Å². The Morgan fingerprint density at radius 1 is 1.35 bits per heavy atom. The summed E-state index contributed by atoms with van der Waals surface area (Å²) in [6.07, 6.45) is 1.57. The van der Waals surface area contributed by atoms with Crippen molar-refractivity contribution in [2.45, 2.75) is 17.3 Å². The number of nitrogens with one attached hydrogen (secondary N) is 1. The van der Waals surface area contributed by atoms with Gasteiger partial charge in [-0.25, -0.2) is 9.97 Å². The number of oxazole rings is 1. The topological polar surface area (TPSA) is 98.1 Å². The Bertz CT molecular complexity index is 969. The summed E-state index contributed by atoms with van der Waals surface area (Å²) in [6.45, 7) is 0. The minimum atomic E-state index is -0.459. The van der Waals surface area contributed by atoms with Crippen LogP contribution in [-0.4, -0.2) is 28.0 Å². The van der Waals surface area contributed by atoms with Gasteiger partial charge >= 0.3 is 5.97 Å². The number of thioether (sulfide) groups is 1. The van der Waals surface area contributed by atoms with Crippen LogP contribution in [0.4, 0.5) is 0 Å². The molecule has 0 unspecified atom stereocenters. The fraction of sp³-hybridized carbons (Fsp3) is 0.176. The first-order valence-corrected chi connectivity index (χ1v) is 8.90. The average molecular weight is 392 g/mol. The predicted octanol–water partition coefficient (Wildman–Crippen LogP) is 3.09. The van der Waals surface area contributed by atoms with Crippen LogP contribution in [-0.2, 0) is 21.7 Å². The number of aromatic amines is 1. The van der Waals surface area contributed by atoms with E-state index in [1.807, 2.05) is 12.1 Å². The Hall–Kier alpha value is -2.58. The van der Waals surface area contributed by atoms with E-state index in [9.17, 15) is 9.59 Å². The molecule has 0 fully saturated rings. The van der Waals surface area contributed by atoms with Gasteiger partial charge in [0.15, 0.2) is 10.9 Å². The fourth-order valence-corrected chi connectivity index (χ4v) is 2.99. The second kappa shape index (κ2) is 8.20. The minimum absolute atomic E-state index is 0.0618. The molecule has 0 radical (unpaired) electrons. The molecule has 0 saturated heterocycles. The van der Waals surface area contributed by atoms with E-state index in [0.717, 1.165) is 5.56 Å². The highest BCUT2D eigenvalue weighted by molar-refractivity contribution is 7.98. The van der Waals surface area contributed by atoms with E-state index in [4.69, 9.17) is 16.0 Å². The lowest BCUT2D eigenvalue weighted by Gasteiger charge is -2.02. The first-order chi connectivity index (χ1) is 12.5. The Labute approximate surface area is 157 Å². The molecule has 0 aliphatic carbocycles. The van der Waals surface area contributed by atoms with Gasteiger partial charge in [-0.1, -0.05) is 23.4 Å². The number of methoxy groups -OCH3 is 1. The summed E-state index contributed by atoms with van der Waals surface area (Å²) < 4.78 is 10.3. The van der Waals surface area contributed by atoms with Gasteiger partial charge in [0.25, 0.3) is 5.56 Å². The van der Waals surface area contributed by atoms with E-state index in [0.29, 0.717) is 33.3 Å². The van der Waals surface area contributed by atoms with Gasteiger partial charge in [-0.2, -0.15) is 0 Å². The molecule has 0 aliphatic heterocycles. The second-order valence-corrected chi connectivity index (χ2v) is 6.61. The summed E-state index contributed by atoms with van der Waals surface area (Å²) in [4.78, 5) is 34.1. The lowest BCUT2D eigenvalue weighted by atomic mass is 10.2. The smallest absolute Gasteiger partial charge is 0.311 e. The normalized spacial score (nSPS) is 10.7. The Morgan fingerprint density at radius 3 is 2.85 bits per heavy atom. The Kier molecular flexibility index (Phi) is 5.75. The van der Waals surface area contributed by atoms with Crippen molar-refractivity contribution in [1.29, 1.82) is 0 Å². The molecule has 0 spiro atoms. The van der Waals surface area contributed by atoms with Crippen LogP contribution in [0.3, 0.4) is 0 Å². The van der Waals surface area contributed by atoms with Crippen molar-refractivity contribution in [3.8, 4) is 11.3 Å². The third-order valence-electron chi connectivity index (χ3n) is 3.34. The SMILES string of the molecule is COC(=O)Cc1cc(=O)[nH]c(SCc2ncc(-c3ccc(Cl)cc3)o2)n1. The molecular weight excluding hydrogens is 378 g/mol. The third kappa shape index (κ3) is 4.74. The number of H-pyrrole nitrogens is 1. The van der Waals surface area contributed by atoms with Crippen LogP contribution >= 0.6 is 23.4 Å². The van der Waals surface area contributed by atoms with Crippen LogP contribution in [0.5, 0.6) is 0 Å². The number of hydrogen-bond acceptors (Lipinski definition) is 7. The number of aromatic nitrogens is 3. The van der Waals surface area contributed by atoms with Gasteiger partial charge in [-0.15, -0.1) is 0 Å². The quantitative estimate of drug-likeness (QED) is 0.391. The number of benzene rings is 1. The number of esters is 1. The Morgan fingerprint density at radius 2 is 2.12 bits per heavy atom. The van der Waals surface area contributed by atoms with Gasteiger partial charge in [0, 0.05) is 16.7 Å². The largest absolute Gasteiger partial charge is 0.469 e. The summed E-state index contributed by atoms with van der Waals surface area (Å²) >= 11 is 7.13. The molecule has 3 aromatic rings. The third-order valence-corrected chi connectivity index (χ3v) is 4.45. The molecule has 7 nitrogen and oxygen atoms in total. The van der Waals surface area contributed by atoms with Crippen molar-refractivity contribution in [3.63, 3.8) is 0 Å². The molecule has 26 heavy (non-hydrogen) atoms. The van der Waals surface area contributed by atoms with Crippen molar-refractivity contribution >= 4 is 29.3 Å². The number of hydrogen-bond donors (Lipinski definition) is 1. The first kappa shape index (κ1) is 18.2. The van der Waals surface area contributed by atoms with Crippen LogP contribution in [0.15, 0.2) is 50.9 Å². The average Bonchev–Trinajstić information content (AvgIpc) is 3.09. The molecule has 0 saturated carbocycles. The number of carbonyl (C=O) groups excluding carboxylic acids is 1. The van der Waals surface area contributed by atoms with Crippen LogP contribution in [0, 0.1) is 0 Å². The zero-order chi connectivity index (χ0) is 18.5. The minimum Gasteiger partial charge on any atom is -0.469 e. The number of carbonyl (C=O) groups is 1. The first-order valence-electron chi connectivity index (χ1n) is 7.54. The zero-order valence-corrected chi connectivity index (χ0v) is 15.3. The zero-order valence-electron chi connectivity index (χ0n) is 13.7. The number of nitrogens with zero attached hydrogens (tertiary/aromatic N) is 2. The van der Waals surface area contributed by atoms with Gasteiger partial charge < -0.3 is 14.1 Å². The molecule has 1 aromatic carbocycles. The van der Waals surface area contributed by atoms with Crippen LogP contribution in [0.2, 0.25) is 5.02 Å². The molecule has 2 heterocycles. The summed E-state index contributed by atoms with van der Waals surface area (Å²) in [7, 11) is 1.28. The highest BCUT2D eigenvalue weighted by Gasteiger charge is 2.10. The molecule has 2 aromatic heterocycles. The van der Waals surface area contributed by atoms with E-state index >= 15 is 0 Å². The van der Waals surface area contributed by atoms with Crippen molar-refractivity contribution < 1.29 is 13.9 Å². The molecule has 0 amide bonds. The monoisotopic (exact) mass is 391 g/mol. The molecule has 3 rings (SSSR count). The van der Waals surface area contributed by atoms with E-state index in [-0.39, 0.29) is 12.0 Å². The molecule has 0 atom stereocenters. The van der Waals surface area contributed by atoms with Crippen molar-refractivity contribution in [3.05, 3.63) is 63.5 Å². The van der Waals surface area contributed by atoms with Crippen LogP contribution in [0.1, 0.15) is 11.6 Å². The molecular formula is C17H14ClN3O4S. The predicted molar refractivity (Wildman–Crippen MR) is 97.1 cm³/mol. The maximum atomic E-state index is 11.7. The standard InChI is InChI=1S/C17H14ClN3O4S/c1-24-16(23)7-12-6-14(22)21-17(20-12)26-9-15-19-8-13(25-15)10-2-4-11(18)5-3-10/h2-6,8H,7,9H2,1H3,(H,20,21,22). The van der Waals surface area contributed by atoms with E-state index < -0.39 is 5.97 Å². The lowest BCUT2D eigenvalue weighted by Crippen LogP contribution is -2.13. The maximum absolute atomic E-state index is 11.7. The van der Waals surface area contributed by atoms with Gasteiger partial charge in [0.05, 0.1) is 31.2 Å². The Balaban J connectivity index is 1.68. The number of ether oxygens (including phenoxy) is 1. The van der Waals surface area contributed by atoms with Crippen LogP contribution in [0.25, 0.3) is 11.3 Å². The van der Waals surface area contributed by atoms with Gasteiger partial charge in [-0.05, 0) is 24.3 Å². The van der Waals surface area contributed by atoms with Crippen molar-refractivity contribution in [2.75, 3.05) is 7.11 Å². The lowest BCUT2D eigenvalue weighted by molar-refractivity contribution is -0.139. The molecule has 0 aliphatic rings. The van der Waals surface area contributed by atoms with Gasteiger partial charge in [0.1, 0.15) is 0 Å². The van der Waals surface area contributed by atoms with Crippen molar-refractivity contribution in [1.82, 2.24) is 15.0 Å². The summed E-state index contributed by atoms with van der Waals surface area (Å²) in [5.74, 6) is 1.02. The molecule has 134 valence electrons. The summed E-state index contributed by atoms with van der Waals surface area (Å²) in [5, 5.41) is 1.02. The van der Waals surface area contributed by atoms with E-state index in [1.165, 1.54) is 24.9 Å².